The molecule has 0 spiro atoms. The molecular weight excluding hydrogens is 254 g/mol. The monoisotopic (exact) mass is 273 g/mol. The summed E-state index contributed by atoms with van der Waals surface area (Å²) >= 11 is 0. The summed E-state index contributed by atoms with van der Waals surface area (Å²) in [6.07, 6.45) is 3.60. The number of aryl methyl sites for hydroxylation is 2. The highest BCUT2D eigenvalue weighted by atomic mass is 16.5. The molecule has 20 heavy (non-hydrogen) atoms. The maximum absolute atomic E-state index is 5.01. The van der Waals surface area contributed by atoms with Crippen molar-refractivity contribution in [2.24, 2.45) is 0 Å². The van der Waals surface area contributed by atoms with Gasteiger partial charge in [0, 0.05) is 13.7 Å². The number of methoxy groups -OCH3 is 1. The molecule has 1 aromatic carbocycles. The molecule has 1 N–H and O–H groups in total. The molecule has 0 aliphatic heterocycles. The van der Waals surface area contributed by atoms with Crippen molar-refractivity contribution < 1.29 is 4.74 Å². The zero-order valence-corrected chi connectivity index (χ0v) is 11.7. The van der Waals surface area contributed by atoms with E-state index in [9.17, 15) is 0 Å². The van der Waals surface area contributed by atoms with Gasteiger partial charge in [-0.15, -0.1) is 5.10 Å². The summed E-state index contributed by atoms with van der Waals surface area (Å²) in [6, 6.07) is 6.50. The van der Waals surface area contributed by atoms with Crippen molar-refractivity contribution in [1.29, 1.82) is 0 Å². The normalized spacial score (nSPS) is 13.7. The van der Waals surface area contributed by atoms with Crippen LogP contribution in [0.25, 0.3) is 5.69 Å². The number of hydrogen-bond donors (Lipinski definition) is 1. The minimum atomic E-state index is 0.632. The second-order valence-electron chi connectivity index (χ2n) is 4.98. The van der Waals surface area contributed by atoms with Gasteiger partial charge in [0.05, 0.1) is 18.8 Å². The lowest BCUT2D eigenvalue weighted by Gasteiger charge is -2.07. The molecule has 106 valence electrons. The average molecular weight is 273 g/mol. The molecule has 2 aromatic rings. The van der Waals surface area contributed by atoms with Gasteiger partial charge in [0.15, 0.2) is 5.82 Å². The van der Waals surface area contributed by atoms with Gasteiger partial charge in [0.25, 0.3) is 0 Å². The zero-order valence-electron chi connectivity index (χ0n) is 11.7. The first kappa shape index (κ1) is 13.2. The third-order valence-corrected chi connectivity index (χ3v) is 3.63. The van der Waals surface area contributed by atoms with Gasteiger partial charge in [-0.3, -0.25) is 0 Å². The lowest BCUT2D eigenvalue weighted by molar-refractivity contribution is 0.199. The first-order valence-electron chi connectivity index (χ1n) is 6.97. The van der Waals surface area contributed by atoms with Gasteiger partial charge in [-0.05, 0) is 52.9 Å². The predicted octanol–water partition coefficient (Wildman–Crippen LogP) is 0.887. The summed E-state index contributed by atoms with van der Waals surface area (Å²) < 4.78 is 6.81. The van der Waals surface area contributed by atoms with Crippen molar-refractivity contribution >= 4 is 0 Å². The topological polar surface area (TPSA) is 64.9 Å². The van der Waals surface area contributed by atoms with Crippen molar-refractivity contribution in [3.8, 4) is 5.69 Å². The number of tetrazole rings is 1. The number of nitrogens with one attached hydrogen (secondary N) is 1. The molecule has 0 amide bonds. The molecule has 0 fully saturated rings. The molecule has 1 aromatic heterocycles. The number of rotatable bonds is 6. The third-order valence-electron chi connectivity index (χ3n) is 3.63. The molecular formula is C14H19N5O. The second kappa shape index (κ2) is 6.11. The zero-order chi connectivity index (χ0) is 13.8. The number of benzene rings is 1. The van der Waals surface area contributed by atoms with Crippen LogP contribution in [0.1, 0.15) is 23.4 Å². The first-order chi connectivity index (χ1) is 9.88. The summed E-state index contributed by atoms with van der Waals surface area (Å²) in [5.74, 6) is 0.819. The minimum absolute atomic E-state index is 0.632. The highest BCUT2D eigenvalue weighted by molar-refractivity contribution is 5.42. The summed E-state index contributed by atoms with van der Waals surface area (Å²) in [5, 5.41) is 15.2. The number of nitrogens with zero attached hydrogens (tertiary/aromatic N) is 4. The van der Waals surface area contributed by atoms with Crippen molar-refractivity contribution in [3.05, 3.63) is 35.2 Å². The Labute approximate surface area is 118 Å². The highest BCUT2D eigenvalue weighted by Gasteiger charge is 2.13. The smallest absolute Gasteiger partial charge is 0.170 e. The Morgan fingerprint density at radius 1 is 1.30 bits per heavy atom. The van der Waals surface area contributed by atoms with E-state index in [1.165, 1.54) is 24.0 Å². The van der Waals surface area contributed by atoms with Crippen molar-refractivity contribution in [1.82, 2.24) is 25.5 Å². The lowest BCUT2D eigenvalue weighted by atomic mass is 10.1. The van der Waals surface area contributed by atoms with Crippen LogP contribution in [0.3, 0.4) is 0 Å². The number of ether oxygens (including phenoxy) is 1. The van der Waals surface area contributed by atoms with Gasteiger partial charge in [-0.1, -0.05) is 6.07 Å². The summed E-state index contributed by atoms with van der Waals surface area (Å²) in [7, 11) is 1.69. The van der Waals surface area contributed by atoms with E-state index in [1.54, 1.807) is 11.8 Å². The van der Waals surface area contributed by atoms with Crippen molar-refractivity contribution in [3.63, 3.8) is 0 Å². The maximum Gasteiger partial charge on any atom is 0.170 e. The van der Waals surface area contributed by atoms with Gasteiger partial charge in [-0.25, -0.2) is 0 Å². The van der Waals surface area contributed by atoms with E-state index < -0.39 is 0 Å². The fraction of sp³-hybridized carbons (Fsp3) is 0.500. The Balaban J connectivity index is 1.75. The van der Waals surface area contributed by atoms with E-state index in [2.05, 4.69) is 39.0 Å². The molecule has 3 rings (SSSR count). The van der Waals surface area contributed by atoms with Crippen LogP contribution >= 0.6 is 0 Å². The Hall–Kier alpha value is -1.79. The largest absolute Gasteiger partial charge is 0.383 e. The average Bonchev–Trinajstić information content (AvgIpc) is 3.11. The van der Waals surface area contributed by atoms with Crippen molar-refractivity contribution in [2.45, 2.75) is 25.8 Å². The van der Waals surface area contributed by atoms with Gasteiger partial charge >= 0.3 is 0 Å². The molecule has 0 saturated heterocycles. The summed E-state index contributed by atoms with van der Waals surface area (Å²) in [5.41, 5.74) is 3.93. The number of fused-ring (bicyclic) bond motifs is 1. The Morgan fingerprint density at radius 3 is 3.10 bits per heavy atom. The Bertz CT molecular complexity index is 581. The van der Waals surface area contributed by atoms with Crippen LogP contribution in [-0.4, -0.2) is 40.5 Å². The standard InChI is InChI=1S/C14H19N5O/c1-20-8-7-15-10-14-16-17-18-19(14)13-6-5-11-3-2-4-12(11)9-13/h5-6,9,15H,2-4,7-8,10H2,1H3. The van der Waals surface area contributed by atoms with Crippen LogP contribution in [-0.2, 0) is 24.1 Å². The van der Waals surface area contributed by atoms with E-state index in [1.807, 2.05) is 0 Å². The van der Waals surface area contributed by atoms with Crippen molar-refractivity contribution in [2.75, 3.05) is 20.3 Å². The van der Waals surface area contributed by atoms with Crippen LogP contribution in [0, 0.1) is 0 Å². The molecule has 0 unspecified atom stereocenters. The second-order valence-corrected chi connectivity index (χ2v) is 4.98. The van der Waals surface area contributed by atoms with Crippen LogP contribution in [0.5, 0.6) is 0 Å². The molecule has 0 saturated carbocycles. The fourth-order valence-electron chi connectivity index (χ4n) is 2.58. The molecule has 0 radical (unpaired) electrons. The molecule has 0 bridgehead atoms. The summed E-state index contributed by atoms with van der Waals surface area (Å²) in [4.78, 5) is 0. The fourth-order valence-corrected chi connectivity index (χ4v) is 2.58. The van der Waals surface area contributed by atoms with Gasteiger partial charge in [-0.2, -0.15) is 4.68 Å². The molecule has 6 heteroatoms. The van der Waals surface area contributed by atoms with E-state index in [0.717, 1.165) is 24.5 Å². The lowest BCUT2D eigenvalue weighted by Crippen LogP contribution is -2.21. The number of hydrogen-bond acceptors (Lipinski definition) is 5. The molecule has 1 aliphatic carbocycles. The SMILES string of the molecule is COCCNCc1nnnn1-c1ccc2c(c1)CCC2. The van der Waals surface area contributed by atoms with Gasteiger partial charge in [0.1, 0.15) is 0 Å². The Kier molecular flexibility index (Phi) is 4.03. The van der Waals surface area contributed by atoms with E-state index in [0.29, 0.717) is 13.2 Å². The molecule has 1 heterocycles. The number of aromatic nitrogens is 4. The Morgan fingerprint density at radius 2 is 2.20 bits per heavy atom. The summed E-state index contributed by atoms with van der Waals surface area (Å²) in [6.45, 7) is 2.10. The van der Waals surface area contributed by atoms with Crippen LogP contribution in [0.2, 0.25) is 0 Å². The van der Waals surface area contributed by atoms with Gasteiger partial charge < -0.3 is 10.1 Å². The minimum Gasteiger partial charge on any atom is -0.383 e. The quantitative estimate of drug-likeness (QED) is 0.792. The maximum atomic E-state index is 5.01. The predicted molar refractivity (Wildman–Crippen MR) is 74.8 cm³/mol. The van der Waals surface area contributed by atoms with E-state index in [4.69, 9.17) is 4.74 Å². The molecule has 0 atom stereocenters. The third kappa shape index (κ3) is 2.71. The van der Waals surface area contributed by atoms with Gasteiger partial charge in [0.2, 0.25) is 0 Å². The van der Waals surface area contributed by atoms with Crippen LogP contribution in [0.4, 0.5) is 0 Å². The van der Waals surface area contributed by atoms with E-state index >= 15 is 0 Å². The highest BCUT2D eigenvalue weighted by Crippen LogP contribution is 2.24. The molecule has 1 aliphatic rings. The van der Waals surface area contributed by atoms with E-state index in [-0.39, 0.29) is 0 Å². The van der Waals surface area contributed by atoms with Crippen LogP contribution in [0.15, 0.2) is 18.2 Å². The first-order valence-corrected chi connectivity index (χ1v) is 6.97. The van der Waals surface area contributed by atoms with Crippen LogP contribution < -0.4 is 5.32 Å². The molecule has 6 nitrogen and oxygen atoms in total.